The Kier molecular flexibility index (Phi) is 4.11. The van der Waals surface area contributed by atoms with E-state index >= 15 is 0 Å². The van der Waals surface area contributed by atoms with E-state index in [2.05, 4.69) is 35.0 Å². The SMILES string of the molecule is COc1cc(C)c(Br)cc1C(Cl)c1cc2c(s1)CCC2. The van der Waals surface area contributed by atoms with Crippen molar-refractivity contribution in [2.24, 2.45) is 0 Å². The molecule has 1 atom stereocenters. The largest absolute Gasteiger partial charge is 0.496 e. The topological polar surface area (TPSA) is 9.23 Å². The van der Waals surface area contributed by atoms with Crippen LogP contribution >= 0.6 is 38.9 Å². The van der Waals surface area contributed by atoms with Crippen molar-refractivity contribution in [3.8, 4) is 5.75 Å². The van der Waals surface area contributed by atoms with E-state index in [4.69, 9.17) is 16.3 Å². The Balaban J connectivity index is 2.00. The molecule has 1 aliphatic rings. The predicted molar refractivity (Wildman–Crippen MR) is 89.5 cm³/mol. The van der Waals surface area contributed by atoms with Crippen LogP contribution in [0.3, 0.4) is 0 Å². The van der Waals surface area contributed by atoms with Crippen molar-refractivity contribution >= 4 is 38.9 Å². The van der Waals surface area contributed by atoms with Gasteiger partial charge in [0.1, 0.15) is 5.75 Å². The number of fused-ring (bicyclic) bond motifs is 1. The van der Waals surface area contributed by atoms with E-state index in [0.29, 0.717) is 0 Å². The second-order valence-corrected chi connectivity index (χ2v) is 7.62. The Morgan fingerprint density at radius 2 is 2.10 bits per heavy atom. The van der Waals surface area contributed by atoms with E-state index in [-0.39, 0.29) is 5.38 Å². The van der Waals surface area contributed by atoms with E-state index < -0.39 is 0 Å². The van der Waals surface area contributed by atoms with Gasteiger partial charge in [-0.15, -0.1) is 22.9 Å². The van der Waals surface area contributed by atoms with Gasteiger partial charge < -0.3 is 4.74 Å². The van der Waals surface area contributed by atoms with Gasteiger partial charge in [-0.3, -0.25) is 0 Å². The summed E-state index contributed by atoms with van der Waals surface area (Å²) in [6.07, 6.45) is 3.69. The number of hydrogen-bond donors (Lipinski definition) is 0. The fourth-order valence-corrected chi connectivity index (χ4v) is 4.66. The molecule has 0 bridgehead atoms. The molecule has 0 fully saturated rings. The van der Waals surface area contributed by atoms with Gasteiger partial charge >= 0.3 is 0 Å². The van der Waals surface area contributed by atoms with Gasteiger partial charge in [-0.1, -0.05) is 15.9 Å². The van der Waals surface area contributed by atoms with Crippen molar-refractivity contribution in [3.63, 3.8) is 0 Å². The van der Waals surface area contributed by atoms with Crippen LogP contribution in [0.1, 0.15) is 38.2 Å². The zero-order valence-electron chi connectivity index (χ0n) is 11.5. The molecule has 0 amide bonds. The summed E-state index contributed by atoms with van der Waals surface area (Å²) in [7, 11) is 1.70. The summed E-state index contributed by atoms with van der Waals surface area (Å²) in [5.74, 6) is 0.860. The Hall–Kier alpha value is -0.510. The zero-order chi connectivity index (χ0) is 14.3. The van der Waals surface area contributed by atoms with Crippen LogP contribution in [-0.4, -0.2) is 7.11 Å². The van der Waals surface area contributed by atoms with Crippen molar-refractivity contribution in [2.75, 3.05) is 7.11 Å². The minimum atomic E-state index is -0.141. The Morgan fingerprint density at radius 3 is 2.80 bits per heavy atom. The fraction of sp³-hybridized carbons (Fsp3) is 0.375. The highest BCUT2D eigenvalue weighted by Crippen LogP contribution is 2.43. The predicted octanol–water partition coefficient (Wildman–Crippen LogP) is 5.64. The number of rotatable bonds is 3. The van der Waals surface area contributed by atoms with Crippen molar-refractivity contribution in [2.45, 2.75) is 31.6 Å². The summed E-state index contributed by atoms with van der Waals surface area (Å²) in [5, 5.41) is -0.141. The molecule has 2 aromatic rings. The van der Waals surface area contributed by atoms with Crippen molar-refractivity contribution < 1.29 is 4.74 Å². The summed E-state index contributed by atoms with van der Waals surface area (Å²) < 4.78 is 6.57. The van der Waals surface area contributed by atoms with E-state index in [1.807, 2.05) is 17.4 Å². The summed E-state index contributed by atoms with van der Waals surface area (Å²) >= 11 is 12.2. The summed E-state index contributed by atoms with van der Waals surface area (Å²) in [6, 6.07) is 6.39. The fourth-order valence-electron chi connectivity index (χ4n) is 2.68. The molecule has 3 rings (SSSR count). The van der Waals surface area contributed by atoms with Crippen LogP contribution in [0, 0.1) is 6.92 Å². The second-order valence-electron chi connectivity index (χ2n) is 5.16. The first-order valence-corrected chi connectivity index (χ1v) is 8.74. The van der Waals surface area contributed by atoms with Gasteiger partial charge in [-0.25, -0.2) is 0 Å². The number of methoxy groups -OCH3 is 1. The summed E-state index contributed by atoms with van der Waals surface area (Å²) in [4.78, 5) is 2.74. The molecule has 4 heteroatoms. The number of thiophene rings is 1. The van der Waals surface area contributed by atoms with Crippen LogP contribution < -0.4 is 4.74 Å². The van der Waals surface area contributed by atoms with Crippen LogP contribution in [0.15, 0.2) is 22.7 Å². The van der Waals surface area contributed by atoms with Gasteiger partial charge in [0.2, 0.25) is 0 Å². The summed E-state index contributed by atoms with van der Waals surface area (Å²) in [6.45, 7) is 2.05. The first-order valence-electron chi connectivity index (χ1n) is 6.69. The average Bonchev–Trinajstić information content (AvgIpc) is 3.01. The molecule has 0 spiro atoms. The Morgan fingerprint density at radius 1 is 1.30 bits per heavy atom. The van der Waals surface area contributed by atoms with E-state index in [1.54, 1.807) is 7.11 Å². The van der Waals surface area contributed by atoms with Crippen molar-refractivity contribution in [1.29, 1.82) is 0 Å². The van der Waals surface area contributed by atoms with E-state index in [9.17, 15) is 0 Å². The monoisotopic (exact) mass is 370 g/mol. The van der Waals surface area contributed by atoms with Crippen LogP contribution in [0.25, 0.3) is 0 Å². The zero-order valence-corrected chi connectivity index (χ0v) is 14.7. The maximum Gasteiger partial charge on any atom is 0.124 e. The molecule has 1 heterocycles. The molecular weight excluding hydrogens is 356 g/mol. The minimum Gasteiger partial charge on any atom is -0.496 e. The van der Waals surface area contributed by atoms with Gasteiger partial charge in [0.05, 0.1) is 12.5 Å². The smallest absolute Gasteiger partial charge is 0.124 e. The molecule has 0 saturated heterocycles. The van der Waals surface area contributed by atoms with E-state index in [1.165, 1.54) is 34.6 Å². The minimum absolute atomic E-state index is 0.141. The highest BCUT2D eigenvalue weighted by atomic mass is 79.9. The van der Waals surface area contributed by atoms with Gasteiger partial charge in [0.25, 0.3) is 0 Å². The van der Waals surface area contributed by atoms with Crippen molar-refractivity contribution in [3.05, 3.63) is 49.1 Å². The highest BCUT2D eigenvalue weighted by molar-refractivity contribution is 9.10. The Labute approximate surface area is 137 Å². The number of halogens is 2. The normalized spacial score (nSPS) is 15.2. The number of ether oxygens (including phenoxy) is 1. The first kappa shape index (κ1) is 14.4. The van der Waals surface area contributed by atoms with Gasteiger partial charge in [0, 0.05) is 19.8 Å². The standard InChI is InChI=1S/C16H16BrClOS/c1-9-6-13(19-2)11(8-12(9)17)16(18)15-7-10-4-3-5-14(10)20-15/h6-8,16H,3-5H2,1-2H3. The number of hydrogen-bond acceptors (Lipinski definition) is 2. The maximum absolute atomic E-state index is 6.72. The highest BCUT2D eigenvalue weighted by Gasteiger charge is 2.22. The van der Waals surface area contributed by atoms with Gasteiger partial charge in [-0.2, -0.15) is 0 Å². The van der Waals surface area contributed by atoms with Gasteiger partial charge in [0.15, 0.2) is 0 Å². The lowest BCUT2D eigenvalue weighted by Gasteiger charge is -2.15. The molecule has 0 N–H and O–H groups in total. The molecule has 0 saturated carbocycles. The molecule has 1 aliphatic carbocycles. The molecule has 1 aromatic heterocycles. The maximum atomic E-state index is 6.72. The average molecular weight is 372 g/mol. The van der Waals surface area contributed by atoms with Crippen molar-refractivity contribution in [1.82, 2.24) is 0 Å². The quantitative estimate of drug-likeness (QED) is 0.634. The molecular formula is C16H16BrClOS. The molecule has 1 aromatic carbocycles. The van der Waals surface area contributed by atoms with E-state index in [0.717, 1.165) is 21.3 Å². The Bertz CT molecular complexity index is 629. The van der Waals surface area contributed by atoms with Crippen LogP contribution in [-0.2, 0) is 12.8 Å². The molecule has 0 aliphatic heterocycles. The molecule has 1 nitrogen and oxygen atoms in total. The first-order chi connectivity index (χ1) is 9.60. The van der Waals surface area contributed by atoms with Gasteiger partial charge in [-0.05, 0) is 55.5 Å². The number of alkyl halides is 1. The molecule has 20 heavy (non-hydrogen) atoms. The lowest BCUT2D eigenvalue weighted by molar-refractivity contribution is 0.410. The summed E-state index contributed by atoms with van der Waals surface area (Å²) in [5.41, 5.74) is 3.68. The lowest BCUT2D eigenvalue weighted by atomic mass is 10.1. The second kappa shape index (κ2) is 5.70. The third-order valence-electron chi connectivity index (χ3n) is 3.80. The number of aryl methyl sites for hydroxylation is 3. The van der Waals surface area contributed by atoms with Crippen LogP contribution in [0.2, 0.25) is 0 Å². The third-order valence-corrected chi connectivity index (χ3v) is 6.56. The van der Waals surface area contributed by atoms with Crippen LogP contribution in [0.4, 0.5) is 0 Å². The van der Waals surface area contributed by atoms with Crippen LogP contribution in [0.5, 0.6) is 5.75 Å². The molecule has 1 unspecified atom stereocenters. The number of benzene rings is 1. The lowest BCUT2D eigenvalue weighted by Crippen LogP contribution is -1.97. The third kappa shape index (κ3) is 2.51. The molecule has 0 radical (unpaired) electrons. The molecule has 106 valence electrons.